The van der Waals surface area contributed by atoms with Gasteiger partial charge in [-0.3, -0.25) is 20.2 Å². The van der Waals surface area contributed by atoms with Gasteiger partial charge in [-0.2, -0.15) is 0 Å². The molecule has 0 saturated heterocycles. The minimum atomic E-state index is -0.643. The van der Waals surface area contributed by atoms with Gasteiger partial charge in [-0.1, -0.05) is 72.8 Å². The first kappa shape index (κ1) is 18.8. The third kappa shape index (κ3) is 4.79. The molecule has 0 spiro atoms. The third-order valence-electron chi connectivity index (χ3n) is 4.09. The molecule has 0 aliphatic rings. The summed E-state index contributed by atoms with van der Waals surface area (Å²) in [6.45, 7) is 0. The largest absolute Gasteiger partial charge is 0.374 e. The van der Waals surface area contributed by atoms with Crippen molar-refractivity contribution >= 4 is 23.1 Å². The zero-order valence-electron chi connectivity index (χ0n) is 14.8. The molecule has 1 atom stereocenters. The van der Waals surface area contributed by atoms with Crippen LogP contribution in [0.3, 0.4) is 0 Å². The molecule has 0 aliphatic heterocycles. The second-order valence-corrected chi connectivity index (χ2v) is 6.05. The molecular formula is C21H17N3O4. The number of benzene rings is 3. The van der Waals surface area contributed by atoms with Gasteiger partial charge in [0.1, 0.15) is 0 Å². The van der Waals surface area contributed by atoms with Crippen molar-refractivity contribution in [2.24, 2.45) is 0 Å². The normalized spacial score (nSPS) is 11.9. The van der Waals surface area contributed by atoms with Gasteiger partial charge in [0.25, 0.3) is 11.4 Å². The number of nitro benzene ring substituents is 2. The van der Waals surface area contributed by atoms with Crippen molar-refractivity contribution in [1.82, 2.24) is 0 Å². The first-order chi connectivity index (χ1) is 13.5. The molecule has 0 saturated carbocycles. The minimum Gasteiger partial charge on any atom is -0.374 e. The highest BCUT2D eigenvalue weighted by Crippen LogP contribution is 2.29. The molecule has 0 bridgehead atoms. The number of nitrogens with zero attached hydrogens (tertiary/aromatic N) is 2. The smallest absolute Gasteiger partial charge is 0.278 e. The molecule has 140 valence electrons. The average Bonchev–Trinajstić information content (AvgIpc) is 2.72. The Morgan fingerprint density at radius 1 is 0.786 bits per heavy atom. The fourth-order valence-corrected chi connectivity index (χ4v) is 2.74. The van der Waals surface area contributed by atoms with E-state index < -0.39 is 9.85 Å². The van der Waals surface area contributed by atoms with E-state index in [1.807, 2.05) is 72.8 Å². The number of nitrogens with one attached hydrogen (secondary N) is 1. The molecule has 1 unspecified atom stereocenters. The highest BCUT2D eigenvalue weighted by Gasteiger charge is 2.18. The van der Waals surface area contributed by atoms with Crippen LogP contribution in [-0.2, 0) is 0 Å². The van der Waals surface area contributed by atoms with Crippen LogP contribution in [-0.4, -0.2) is 9.85 Å². The van der Waals surface area contributed by atoms with Gasteiger partial charge in [-0.25, -0.2) is 0 Å². The summed E-state index contributed by atoms with van der Waals surface area (Å²) in [5.74, 6) is 0. The fourth-order valence-electron chi connectivity index (χ4n) is 2.74. The van der Waals surface area contributed by atoms with Gasteiger partial charge in [0.05, 0.1) is 22.0 Å². The lowest BCUT2D eigenvalue weighted by Crippen LogP contribution is -2.08. The predicted octanol–water partition coefficient (Wildman–Crippen LogP) is 5.37. The first-order valence-corrected chi connectivity index (χ1v) is 8.51. The molecule has 3 rings (SSSR count). The van der Waals surface area contributed by atoms with Crippen molar-refractivity contribution in [1.29, 1.82) is 0 Å². The van der Waals surface area contributed by atoms with Crippen molar-refractivity contribution in [3.05, 3.63) is 116 Å². The standard InChI is InChI=1S/C21H17N3O4/c25-23(26)19-13-18(14-20(15-19)24(27)28)22-21(17-9-5-2-6-10-17)12-11-16-7-3-1-4-8-16/h1-15,21-22H/b12-11+. The van der Waals surface area contributed by atoms with Gasteiger partial charge in [-0.05, 0) is 11.1 Å². The van der Waals surface area contributed by atoms with Crippen molar-refractivity contribution in [3.8, 4) is 0 Å². The van der Waals surface area contributed by atoms with Crippen LogP contribution in [0, 0.1) is 20.2 Å². The first-order valence-electron chi connectivity index (χ1n) is 8.51. The Morgan fingerprint density at radius 3 is 1.86 bits per heavy atom. The van der Waals surface area contributed by atoms with Gasteiger partial charge in [0, 0.05) is 17.8 Å². The maximum Gasteiger partial charge on any atom is 0.278 e. The minimum absolute atomic E-state index is 0.299. The number of nitro groups is 2. The van der Waals surface area contributed by atoms with Crippen LogP contribution in [0.25, 0.3) is 6.08 Å². The van der Waals surface area contributed by atoms with Gasteiger partial charge >= 0.3 is 0 Å². The molecule has 0 heterocycles. The zero-order valence-corrected chi connectivity index (χ0v) is 14.8. The maximum absolute atomic E-state index is 11.1. The Hall–Kier alpha value is -4.00. The molecule has 28 heavy (non-hydrogen) atoms. The Kier molecular flexibility index (Phi) is 5.76. The summed E-state index contributed by atoms with van der Waals surface area (Å²) < 4.78 is 0. The SMILES string of the molecule is O=[N+]([O-])c1cc(NC(/C=C/c2ccccc2)c2ccccc2)cc([N+](=O)[O-])c1. The number of rotatable bonds is 7. The molecule has 3 aromatic rings. The topological polar surface area (TPSA) is 98.3 Å². The van der Waals surface area contributed by atoms with Crippen LogP contribution in [0.1, 0.15) is 17.2 Å². The summed E-state index contributed by atoms with van der Waals surface area (Å²) in [5.41, 5.74) is 1.54. The van der Waals surface area contributed by atoms with Crippen LogP contribution in [0.4, 0.5) is 17.1 Å². The highest BCUT2D eigenvalue weighted by atomic mass is 16.6. The van der Waals surface area contributed by atoms with E-state index in [1.54, 1.807) is 0 Å². The number of anilines is 1. The summed E-state index contributed by atoms with van der Waals surface area (Å²) in [4.78, 5) is 21.0. The maximum atomic E-state index is 11.1. The zero-order chi connectivity index (χ0) is 19.9. The monoisotopic (exact) mass is 375 g/mol. The fraction of sp³-hybridized carbons (Fsp3) is 0.0476. The van der Waals surface area contributed by atoms with Crippen LogP contribution < -0.4 is 5.32 Å². The van der Waals surface area contributed by atoms with Gasteiger partial charge in [0.15, 0.2) is 0 Å². The van der Waals surface area contributed by atoms with Crippen LogP contribution in [0.5, 0.6) is 0 Å². The number of hydrogen-bond acceptors (Lipinski definition) is 5. The van der Waals surface area contributed by atoms with E-state index in [-0.39, 0.29) is 17.4 Å². The Bertz CT molecular complexity index is 972. The summed E-state index contributed by atoms with van der Waals surface area (Å²) in [7, 11) is 0. The molecule has 1 N–H and O–H groups in total. The van der Waals surface area contributed by atoms with E-state index in [0.717, 1.165) is 17.2 Å². The quantitative estimate of drug-likeness (QED) is 0.442. The van der Waals surface area contributed by atoms with Crippen molar-refractivity contribution in [3.63, 3.8) is 0 Å². The van der Waals surface area contributed by atoms with Gasteiger partial charge in [-0.15, -0.1) is 0 Å². The van der Waals surface area contributed by atoms with Crippen molar-refractivity contribution in [2.75, 3.05) is 5.32 Å². The number of hydrogen-bond donors (Lipinski definition) is 1. The van der Waals surface area contributed by atoms with Crippen molar-refractivity contribution in [2.45, 2.75) is 6.04 Å². The Morgan fingerprint density at radius 2 is 1.32 bits per heavy atom. The van der Waals surface area contributed by atoms with E-state index in [0.29, 0.717) is 5.69 Å². The number of non-ortho nitro benzene ring substituents is 2. The molecule has 0 fully saturated rings. The van der Waals surface area contributed by atoms with Crippen LogP contribution >= 0.6 is 0 Å². The lowest BCUT2D eigenvalue weighted by Gasteiger charge is -2.17. The second kappa shape index (κ2) is 8.59. The van der Waals surface area contributed by atoms with Crippen LogP contribution in [0.15, 0.2) is 84.9 Å². The third-order valence-corrected chi connectivity index (χ3v) is 4.09. The summed E-state index contributed by atoms with van der Waals surface area (Å²) in [6.07, 6.45) is 3.84. The summed E-state index contributed by atoms with van der Waals surface area (Å²) in [6, 6.07) is 22.4. The van der Waals surface area contributed by atoms with E-state index in [9.17, 15) is 20.2 Å². The highest BCUT2D eigenvalue weighted by molar-refractivity contribution is 5.61. The van der Waals surface area contributed by atoms with E-state index in [4.69, 9.17) is 0 Å². The summed E-state index contributed by atoms with van der Waals surface area (Å²) in [5, 5.41) is 25.4. The lowest BCUT2D eigenvalue weighted by atomic mass is 10.0. The summed E-state index contributed by atoms with van der Waals surface area (Å²) >= 11 is 0. The molecule has 0 amide bonds. The Labute approximate surface area is 161 Å². The molecule has 7 nitrogen and oxygen atoms in total. The predicted molar refractivity (Wildman–Crippen MR) is 108 cm³/mol. The van der Waals surface area contributed by atoms with E-state index in [1.165, 1.54) is 12.1 Å². The van der Waals surface area contributed by atoms with Crippen LogP contribution in [0.2, 0.25) is 0 Å². The van der Waals surface area contributed by atoms with E-state index >= 15 is 0 Å². The molecule has 7 heteroatoms. The Balaban J connectivity index is 1.96. The van der Waals surface area contributed by atoms with Gasteiger partial charge in [0.2, 0.25) is 0 Å². The van der Waals surface area contributed by atoms with E-state index in [2.05, 4.69) is 5.32 Å². The molecule has 0 aliphatic carbocycles. The molecule has 0 aromatic heterocycles. The molecular weight excluding hydrogens is 358 g/mol. The lowest BCUT2D eigenvalue weighted by molar-refractivity contribution is -0.394. The van der Waals surface area contributed by atoms with Gasteiger partial charge < -0.3 is 5.32 Å². The molecule has 0 radical (unpaired) electrons. The molecule has 3 aromatic carbocycles. The second-order valence-electron chi connectivity index (χ2n) is 6.05. The average molecular weight is 375 g/mol. The van der Waals surface area contributed by atoms with Crippen molar-refractivity contribution < 1.29 is 9.85 Å².